The summed E-state index contributed by atoms with van der Waals surface area (Å²) in [6.45, 7) is 1.93. The van der Waals surface area contributed by atoms with E-state index in [-0.39, 0.29) is 6.04 Å². The second-order valence-corrected chi connectivity index (χ2v) is 7.34. The van der Waals surface area contributed by atoms with Gasteiger partial charge in [0.25, 0.3) is 0 Å². The molecule has 0 fully saturated rings. The standard InChI is InChI=1S/C16H18BrNO2S/c1-13-7-9-16(10-8-13)21(19,20)18-15(12-17)11-14-5-3-2-4-6-14/h2-10,15,18H,11-12H2,1H3. The average Bonchev–Trinajstić information content (AvgIpc) is 2.48. The molecule has 0 radical (unpaired) electrons. The van der Waals surface area contributed by atoms with E-state index in [0.717, 1.165) is 11.1 Å². The molecule has 2 rings (SSSR count). The Bertz CT molecular complexity index is 669. The molecule has 2 aromatic rings. The van der Waals surface area contributed by atoms with Crippen LogP contribution in [0.25, 0.3) is 0 Å². The van der Waals surface area contributed by atoms with E-state index < -0.39 is 10.0 Å². The van der Waals surface area contributed by atoms with Gasteiger partial charge in [0.1, 0.15) is 0 Å². The second kappa shape index (κ2) is 7.20. The molecule has 0 spiro atoms. The number of halogens is 1. The molecule has 1 unspecified atom stereocenters. The maximum atomic E-state index is 12.4. The first-order valence-electron chi connectivity index (χ1n) is 6.70. The third-order valence-electron chi connectivity index (χ3n) is 3.16. The molecule has 3 nitrogen and oxygen atoms in total. The van der Waals surface area contributed by atoms with Gasteiger partial charge in [-0.15, -0.1) is 0 Å². The molecule has 0 amide bonds. The van der Waals surface area contributed by atoms with E-state index >= 15 is 0 Å². The molecule has 0 saturated heterocycles. The molecule has 0 aliphatic rings. The summed E-state index contributed by atoms with van der Waals surface area (Å²) in [5.74, 6) is 0. The summed E-state index contributed by atoms with van der Waals surface area (Å²) in [6, 6.07) is 16.5. The van der Waals surface area contributed by atoms with Crippen molar-refractivity contribution in [2.24, 2.45) is 0 Å². The fourth-order valence-electron chi connectivity index (χ4n) is 2.03. The zero-order chi connectivity index (χ0) is 15.3. The Labute approximate surface area is 134 Å². The largest absolute Gasteiger partial charge is 0.240 e. The van der Waals surface area contributed by atoms with Crippen molar-refractivity contribution in [3.8, 4) is 0 Å². The molecule has 0 aromatic heterocycles. The average molecular weight is 368 g/mol. The Morgan fingerprint density at radius 2 is 1.67 bits per heavy atom. The highest BCUT2D eigenvalue weighted by atomic mass is 79.9. The van der Waals surface area contributed by atoms with Crippen LogP contribution in [0.5, 0.6) is 0 Å². The van der Waals surface area contributed by atoms with E-state index in [1.165, 1.54) is 0 Å². The lowest BCUT2D eigenvalue weighted by molar-refractivity contribution is 0.562. The number of nitrogens with one attached hydrogen (secondary N) is 1. The number of alkyl halides is 1. The van der Waals surface area contributed by atoms with Crippen molar-refractivity contribution >= 4 is 26.0 Å². The Morgan fingerprint density at radius 3 is 2.24 bits per heavy atom. The van der Waals surface area contributed by atoms with Gasteiger partial charge in [-0.25, -0.2) is 13.1 Å². The summed E-state index contributed by atoms with van der Waals surface area (Å²) < 4.78 is 27.5. The zero-order valence-electron chi connectivity index (χ0n) is 11.8. The van der Waals surface area contributed by atoms with Gasteiger partial charge in [-0.2, -0.15) is 0 Å². The van der Waals surface area contributed by atoms with Crippen LogP contribution in [0.3, 0.4) is 0 Å². The van der Waals surface area contributed by atoms with Crippen LogP contribution in [-0.2, 0) is 16.4 Å². The number of aryl methyl sites for hydroxylation is 1. The Balaban J connectivity index is 2.12. The highest BCUT2D eigenvalue weighted by molar-refractivity contribution is 9.09. The molecule has 1 atom stereocenters. The monoisotopic (exact) mass is 367 g/mol. The number of sulfonamides is 1. The molecular formula is C16H18BrNO2S. The van der Waals surface area contributed by atoms with E-state index in [1.807, 2.05) is 37.3 Å². The summed E-state index contributed by atoms with van der Waals surface area (Å²) in [5.41, 5.74) is 2.14. The predicted molar refractivity (Wildman–Crippen MR) is 89.2 cm³/mol. The van der Waals surface area contributed by atoms with Crippen LogP contribution in [0.1, 0.15) is 11.1 Å². The Morgan fingerprint density at radius 1 is 1.05 bits per heavy atom. The molecule has 1 N–H and O–H groups in total. The second-order valence-electron chi connectivity index (χ2n) is 4.98. The van der Waals surface area contributed by atoms with Crippen LogP contribution in [0.4, 0.5) is 0 Å². The van der Waals surface area contributed by atoms with Crippen LogP contribution in [0, 0.1) is 6.92 Å². The minimum Gasteiger partial charge on any atom is -0.207 e. The Kier molecular flexibility index (Phi) is 5.56. The summed E-state index contributed by atoms with van der Waals surface area (Å²) in [7, 11) is -3.49. The number of hydrogen-bond acceptors (Lipinski definition) is 2. The van der Waals surface area contributed by atoms with Crippen LogP contribution in [0.15, 0.2) is 59.5 Å². The molecule has 5 heteroatoms. The van der Waals surface area contributed by atoms with E-state index in [0.29, 0.717) is 16.6 Å². The maximum absolute atomic E-state index is 12.4. The molecular weight excluding hydrogens is 350 g/mol. The lowest BCUT2D eigenvalue weighted by Gasteiger charge is -2.16. The topological polar surface area (TPSA) is 46.2 Å². The third kappa shape index (κ3) is 4.66. The highest BCUT2D eigenvalue weighted by Crippen LogP contribution is 2.13. The minimum absolute atomic E-state index is 0.182. The van der Waals surface area contributed by atoms with Gasteiger partial charge in [-0.05, 0) is 31.0 Å². The number of benzene rings is 2. The lowest BCUT2D eigenvalue weighted by Crippen LogP contribution is -2.37. The van der Waals surface area contributed by atoms with Crippen LogP contribution in [-0.4, -0.2) is 19.8 Å². The first-order chi connectivity index (χ1) is 10.0. The maximum Gasteiger partial charge on any atom is 0.240 e. The zero-order valence-corrected chi connectivity index (χ0v) is 14.2. The molecule has 0 saturated carbocycles. The number of hydrogen-bond donors (Lipinski definition) is 1. The molecule has 0 heterocycles. The van der Waals surface area contributed by atoms with Gasteiger partial charge >= 0.3 is 0 Å². The first kappa shape index (κ1) is 16.2. The first-order valence-corrected chi connectivity index (χ1v) is 9.30. The van der Waals surface area contributed by atoms with Gasteiger partial charge in [0.05, 0.1) is 4.90 Å². The van der Waals surface area contributed by atoms with Crippen molar-refractivity contribution < 1.29 is 8.42 Å². The van der Waals surface area contributed by atoms with Crippen molar-refractivity contribution in [1.29, 1.82) is 0 Å². The fraction of sp³-hybridized carbons (Fsp3) is 0.250. The van der Waals surface area contributed by atoms with Crippen molar-refractivity contribution in [2.75, 3.05) is 5.33 Å². The summed E-state index contributed by atoms with van der Waals surface area (Å²) in [5, 5.41) is 0.562. The van der Waals surface area contributed by atoms with Gasteiger partial charge in [-0.1, -0.05) is 64.0 Å². The minimum atomic E-state index is -3.49. The highest BCUT2D eigenvalue weighted by Gasteiger charge is 2.19. The van der Waals surface area contributed by atoms with Gasteiger partial charge in [0.2, 0.25) is 10.0 Å². The lowest BCUT2D eigenvalue weighted by atomic mass is 10.1. The Hall–Kier alpha value is -1.17. The van der Waals surface area contributed by atoms with Gasteiger partial charge in [0.15, 0.2) is 0 Å². The van der Waals surface area contributed by atoms with E-state index in [2.05, 4.69) is 20.7 Å². The predicted octanol–water partition coefficient (Wildman–Crippen LogP) is 3.28. The fourth-order valence-corrected chi connectivity index (χ4v) is 3.87. The van der Waals surface area contributed by atoms with Crippen LogP contribution < -0.4 is 4.72 Å². The molecule has 0 aliphatic heterocycles. The van der Waals surface area contributed by atoms with Crippen molar-refractivity contribution in [1.82, 2.24) is 4.72 Å². The van der Waals surface area contributed by atoms with Crippen molar-refractivity contribution in [3.05, 3.63) is 65.7 Å². The van der Waals surface area contributed by atoms with Gasteiger partial charge in [0, 0.05) is 11.4 Å². The summed E-state index contributed by atoms with van der Waals surface area (Å²) >= 11 is 3.38. The normalized spacial score (nSPS) is 13.0. The summed E-state index contributed by atoms with van der Waals surface area (Å²) in [4.78, 5) is 0.298. The molecule has 112 valence electrons. The van der Waals surface area contributed by atoms with E-state index in [4.69, 9.17) is 0 Å². The third-order valence-corrected chi connectivity index (χ3v) is 5.48. The van der Waals surface area contributed by atoms with E-state index in [1.54, 1.807) is 24.3 Å². The molecule has 0 bridgehead atoms. The quantitative estimate of drug-likeness (QED) is 0.796. The summed E-state index contributed by atoms with van der Waals surface area (Å²) in [6.07, 6.45) is 0.650. The van der Waals surface area contributed by atoms with Crippen molar-refractivity contribution in [2.45, 2.75) is 24.3 Å². The van der Waals surface area contributed by atoms with Gasteiger partial charge < -0.3 is 0 Å². The molecule has 21 heavy (non-hydrogen) atoms. The van der Waals surface area contributed by atoms with Crippen LogP contribution >= 0.6 is 15.9 Å². The molecule has 0 aliphatic carbocycles. The smallest absolute Gasteiger partial charge is 0.207 e. The number of rotatable bonds is 6. The van der Waals surface area contributed by atoms with Gasteiger partial charge in [-0.3, -0.25) is 0 Å². The molecule has 2 aromatic carbocycles. The van der Waals surface area contributed by atoms with Crippen molar-refractivity contribution in [3.63, 3.8) is 0 Å². The van der Waals surface area contributed by atoms with Crippen LogP contribution in [0.2, 0.25) is 0 Å². The SMILES string of the molecule is Cc1ccc(S(=O)(=O)NC(CBr)Cc2ccccc2)cc1. The van der Waals surface area contributed by atoms with E-state index in [9.17, 15) is 8.42 Å².